The smallest absolute Gasteiger partial charge is 0.159 e. The Hall–Kier alpha value is -1.02. The summed E-state index contributed by atoms with van der Waals surface area (Å²) in [5.74, 6) is 0.487. The van der Waals surface area contributed by atoms with Crippen molar-refractivity contribution >= 4 is 21.7 Å². The molecule has 0 spiro atoms. The highest BCUT2D eigenvalue weighted by Gasteiger charge is 2.34. The van der Waals surface area contributed by atoms with Crippen LogP contribution < -0.4 is 5.73 Å². The molecule has 1 saturated carbocycles. The van der Waals surface area contributed by atoms with Crippen LogP contribution in [-0.4, -0.2) is 9.78 Å². The van der Waals surface area contributed by atoms with E-state index in [9.17, 15) is 5.26 Å². The molecule has 0 atom stereocenters. The average Bonchev–Trinajstić information content (AvgIpc) is 2.77. The summed E-state index contributed by atoms with van der Waals surface area (Å²) in [4.78, 5) is 0. The van der Waals surface area contributed by atoms with Crippen molar-refractivity contribution in [3.8, 4) is 6.07 Å². The Morgan fingerprint density at radius 1 is 1.60 bits per heavy atom. The van der Waals surface area contributed by atoms with E-state index < -0.39 is 0 Å². The van der Waals surface area contributed by atoms with Crippen molar-refractivity contribution in [3.63, 3.8) is 0 Å². The van der Waals surface area contributed by atoms with E-state index in [0.29, 0.717) is 12.4 Å². The van der Waals surface area contributed by atoms with Gasteiger partial charge in [0, 0.05) is 6.20 Å². The Labute approximate surface area is 97.2 Å². The first-order chi connectivity index (χ1) is 7.15. The van der Waals surface area contributed by atoms with Crippen molar-refractivity contribution in [2.24, 2.45) is 5.41 Å². The number of aromatic nitrogens is 2. The highest BCUT2D eigenvalue weighted by Crippen LogP contribution is 2.39. The van der Waals surface area contributed by atoms with E-state index in [1.165, 1.54) is 0 Å². The number of nitrogens with two attached hydrogens (primary N) is 1. The number of halogens is 1. The number of nitrogen functional groups attached to an aromatic ring is 1. The van der Waals surface area contributed by atoms with Gasteiger partial charge in [-0.3, -0.25) is 4.68 Å². The van der Waals surface area contributed by atoms with Crippen molar-refractivity contribution in [2.75, 3.05) is 5.73 Å². The van der Waals surface area contributed by atoms with Crippen LogP contribution in [0, 0.1) is 16.7 Å². The lowest BCUT2D eigenvalue weighted by Gasteiger charge is -2.19. The number of nitrogens with zero attached hydrogens (tertiary/aromatic N) is 3. The molecule has 1 aromatic rings. The molecule has 0 bridgehead atoms. The van der Waals surface area contributed by atoms with Crippen LogP contribution in [-0.2, 0) is 6.54 Å². The molecule has 0 aliphatic heterocycles. The number of anilines is 1. The molecule has 0 amide bonds. The lowest BCUT2D eigenvalue weighted by molar-refractivity contribution is 0.327. The second kappa shape index (κ2) is 3.86. The standard InChI is InChI=1S/C10H13BrN4/c11-8-5-15(14-9(8)13)7-10(6-12)3-1-2-4-10/h5H,1-4,7H2,(H2,13,14). The summed E-state index contributed by atoms with van der Waals surface area (Å²) < 4.78 is 2.57. The maximum absolute atomic E-state index is 9.22. The zero-order chi connectivity index (χ0) is 10.9. The summed E-state index contributed by atoms with van der Waals surface area (Å²) >= 11 is 3.31. The molecule has 0 radical (unpaired) electrons. The molecule has 1 fully saturated rings. The molecule has 1 aliphatic carbocycles. The van der Waals surface area contributed by atoms with Gasteiger partial charge < -0.3 is 5.73 Å². The Morgan fingerprint density at radius 2 is 2.27 bits per heavy atom. The first-order valence-electron chi connectivity index (χ1n) is 5.05. The quantitative estimate of drug-likeness (QED) is 0.895. The average molecular weight is 269 g/mol. The number of rotatable bonds is 2. The molecule has 4 nitrogen and oxygen atoms in total. The van der Waals surface area contributed by atoms with Crippen LogP contribution in [0.4, 0.5) is 5.82 Å². The Kier molecular flexibility index (Phi) is 2.70. The van der Waals surface area contributed by atoms with Crippen LogP contribution in [0.3, 0.4) is 0 Å². The molecule has 5 heteroatoms. The molecule has 1 heterocycles. The molecule has 80 valence electrons. The van der Waals surface area contributed by atoms with Crippen LogP contribution in [0.25, 0.3) is 0 Å². The fourth-order valence-electron chi connectivity index (χ4n) is 2.16. The van der Waals surface area contributed by atoms with Gasteiger partial charge in [-0.15, -0.1) is 0 Å². The largest absolute Gasteiger partial charge is 0.381 e. The van der Waals surface area contributed by atoms with E-state index in [-0.39, 0.29) is 5.41 Å². The molecule has 15 heavy (non-hydrogen) atoms. The third kappa shape index (κ3) is 2.00. The zero-order valence-corrected chi connectivity index (χ0v) is 10.00. The summed E-state index contributed by atoms with van der Waals surface area (Å²) in [6.07, 6.45) is 6.07. The van der Waals surface area contributed by atoms with Gasteiger partial charge in [-0.05, 0) is 28.8 Å². The Bertz CT molecular complexity index is 379. The number of nitriles is 1. The molecule has 2 rings (SSSR count). The van der Waals surface area contributed by atoms with E-state index in [1.807, 2.05) is 6.20 Å². The first kappa shape index (κ1) is 10.5. The third-order valence-electron chi connectivity index (χ3n) is 3.01. The molecular formula is C10H13BrN4. The van der Waals surface area contributed by atoms with Crippen LogP contribution in [0.15, 0.2) is 10.7 Å². The molecular weight excluding hydrogens is 256 g/mol. The molecule has 1 aromatic heterocycles. The van der Waals surface area contributed by atoms with E-state index in [0.717, 1.165) is 30.2 Å². The number of hydrogen-bond donors (Lipinski definition) is 1. The van der Waals surface area contributed by atoms with Crippen LogP contribution in [0.2, 0.25) is 0 Å². The van der Waals surface area contributed by atoms with Crippen molar-refractivity contribution in [3.05, 3.63) is 10.7 Å². The highest BCUT2D eigenvalue weighted by molar-refractivity contribution is 9.10. The van der Waals surface area contributed by atoms with Gasteiger partial charge in [0.2, 0.25) is 0 Å². The van der Waals surface area contributed by atoms with Gasteiger partial charge in [0.05, 0.1) is 22.5 Å². The predicted molar refractivity (Wildman–Crippen MR) is 60.9 cm³/mol. The Morgan fingerprint density at radius 3 is 2.73 bits per heavy atom. The van der Waals surface area contributed by atoms with E-state index in [1.54, 1.807) is 4.68 Å². The SMILES string of the molecule is N#CC1(Cn2cc(Br)c(N)n2)CCCC1. The van der Waals surface area contributed by atoms with Crippen LogP contribution in [0.5, 0.6) is 0 Å². The number of hydrogen-bond acceptors (Lipinski definition) is 3. The minimum Gasteiger partial charge on any atom is -0.381 e. The monoisotopic (exact) mass is 268 g/mol. The summed E-state index contributed by atoms with van der Waals surface area (Å²) in [6, 6.07) is 2.44. The van der Waals surface area contributed by atoms with Gasteiger partial charge >= 0.3 is 0 Å². The van der Waals surface area contributed by atoms with Crippen LogP contribution >= 0.6 is 15.9 Å². The van der Waals surface area contributed by atoms with Gasteiger partial charge in [-0.1, -0.05) is 12.8 Å². The maximum atomic E-state index is 9.22. The van der Waals surface area contributed by atoms with Gasteiger partial charge in [-0.2, -0.15) is 10.4 Å². The predicted octanol–water partition coefficient (Wildman–Crippen LogP) is 2.31. The Balaban J connectivity index is 2.17. The molecule has 0 aromatic carbocycles. The topological polar surface area (TPSA) is 67.6 Å². The summed E-state index contributed by atoms with van der Waals surface area (Å²) in [5, 5.41) is 13.4. The minimum absolute atomic E-state index is 0.224. The normalized spacial score (nSPS) is 18.9. The van der Waals surface area contributed by atoms with Gasteiger partial charge in [0.1, 0.15) is 0 Å². The van der Waals surface area contributed by atoms with Crippen molar-refractivity contribution < 1.29 is 0 Å². The fraction of sp³-hybridized carbons (Fsp3) is 0.600. The summed E-state index contributed by atoms with van der Waals surface area (Å²) in [5.41, 5.74) is 5.41. The zero-order valence-electron chi connectivity index (χ0n) is 8.41. The maximum Gasteiger partial charge on any atom is 0.159 e. The lowest BCUT2D eigenvalue weighted by Crippen LogP contribution is -2.21. The van der Waals surface area contributed by atoms with Crippen molar-refractivity contribution in [2.45, 2.75) is 32.2 Å². The highest BCUT2D eigenvalue weighted by atomic mass is 79.9. The second-order valence-corrected chi connectivity index (χ2v) is 5.01. The third-order valence-corrected chi connectivity index (χ3v) is 3.62. The molecule has 0 saturated heterocycles. The first-order valence-corrected chi connectivity index (χ1v) is 5.84. The summed E-state index contributed by atoms with van der Waals surface area (Å²) in [6.45, 7) is 0.652. The van der Waals surface area contributed by atoms with Gasteiger partial charge in [0.15, 0.2) is 5.82 Å². The second-order valence-electron chi connectivity index (χ2n) is 4.16. The van der Waals surface area contributed by atoms with Gasteiger partial charge in [-0.25, -0.2) is 0 Å². The van der Waals surface area contributed by atoms with Crippen molar-refractivity contribution in [1.29, 1.82) is 5.26 Å². The van der Waals surface area contributed by atoms with Crippen molar-refractivity contribution in [1.82, 2.24) is 9.78 Å². The lowest BCUT2D eigenvalue weighted by atomic mass is 9.88. The molecule has 0 unspecified atom stereocenters. The fourth-order valence-corrected chi connectivity index (χ4v) is 2.48. The van der Waals surface area contributed by atoms with Gasteiger partial charge in [0.25, 0.3) is 0 Å². The van der Waals surface area contributed by atoms with E-state index >= 15 is 0 Å². The van der Waals surface area contributed by atoms with E-state index in [4.69, 9.17) is 5.73 Å². The van der Waals surface area contributed by atoms with E-state index in [2.05, 4.69) is 27.1 Å². The minimum atomic E-state index is -0.224. The van der Waals surface area contributed by atoms with Crippen LogP contribution in [0.1, 0.15) is 25.7 Å². The molecule has 2 N–H and O–H groups in total. The molecule has 1 aliphatic rings. The summed E-state index contributed by atoms with van der Waals surface area (Å²) in [7, 11) is 0.